The molecule has 0 amide bonds. The third-order valence-corrected chi connectivity index (χ3v) is 8.40. The molecule has 0 aromatic heterocycles. The van der Waals surface area contributed by atoms with Crippen molar-refractivity contribution in [3.05, 3.63) is 89.0 Å². The van der Waals surface area contributed by atoms with Crippen LogP contribution in [0.5, 0.6) is 0 Å². The molecule has 0 fully saturated rings. The van der Waals surface area contributed by atoms with Crippen molar-refractivity contribution in [2.45, 2.75) is 85.0 Å². The van der Waals surface area contributed by atoms with E-state index < -0.39 is 5.97 Å². The predicted molar refractivity (Wildman–Crippen MR) is 186 cm³/mol. The average molecular weight is 586 g/mol. The Morgan fingerprint density at radius 2 is 0.977 bits per heavy atom. The molecule has 3 aromatic carbocycles. The minimum Gasteiger partial charge on any atom is -0.478 e. The Morgan fingerprint density at radius 3 is 1.30 bits per heavy atom. The van der Waals surface area contributed by atoms with E-state index in [1.165, 1.54) is 62.7 Å². The zero-order valence-electron chi connectivity index (χ0n) is 27.6. The van der Waals surface area contributed by atoms with Gasteiger partial charge in [-0.2, -0.15) is 0 Å². The molecule has 0 atom stereocenters. The molecule has 0 aliphatic carbocycles. The van der Waals surface area contributed by atoms with Gasteiger partial charge in [0.05, 0.1) is 5.56 Å². The number of nitrogens with zero attached hydrogens (tertiary/aromatic N) is 3. The Hall–Kier alpha value is -3.47. The molecule has 0 bridgehead atoms. The molecular weight excluding hydrogens is 530 g/mol. The fraction of sp³-hybridized carbons (Fsp3) is 0.500. The van der Waals surface area contributed by atoms with Crippen LogP contribution in [0.1, 0.15) is 112 Å². The van der Waals surface area contributed by atoms with E-state index in [2.05, 4.69) is 86.0 Å². The van der Waals surface area contributed by atoms with Crippen LogP contribution in [0.15, 0.2) is 66.7 Å². The molecule has 43 heavy (non-hydrogen) atoms. The van der Waals surface area contributed by atoms with Crippen molar-refractivity contribution < 1.29 is 9.90 Å². The maximum absolute atomic E-state index is 12.6. The molecule has 1 N–H and O–H groups in total. The largest absolute Gasteiger partial charge is 0.478 e. The number of carboxylic acids is 1. The Kier molecular flexibility index (Phi) is 13.9. The van der Waals surface area contributed by atoms with E-state index in [9.17, 15) is 9.90 Å². The molecule has 3 rings (SSSR count). The number of unbranched alkanes of at least 4 members (excludes halogenated alkanes) is 4. The minimum atomic E-state index is -0.896. The molecule has 0 heterocycles. The van der Waals surface area contributed by atoms with Crippen molar-refractivity contribution in [1.82, 2.24) is 0 Å². The Labute approximate surface area is 261 Å². The predicted octanol–water partition coefficient (Wildman–Crippen LogP) is 9.44. The number of hydrogen-bond acceptors (Lipinski definition) is 4. The van der Waals surface area contributed by atoms with E-state index in [0.717, 1.165) is 48.6 Å². The van der Waals surface area contributed by atoms with E-state index in [1.54, 1.807) is 0 Å². The summed E-state index contributed by atoms with van der Waals surface area (Å²) in [5, 5.41) is 10.3. The fourth-order valence-corrected chi connectivity index (χ4v) is 5.70. The number of hydrogen-bond donors (Lipinski definition) is 1. The lowest BCUT2D eigenvalue weighted by atomic mass is 9.82. The number of rotatable bonds is 19. The fourth-order valence-electron chi connectivity index (χ4n) is 5.70. The first-order valence-electron chi connectivity index (χ1n) is 16.6. The average Bonchev–Trinajstić information content (AvgIpc) is 3.02. The van der Waals surface area contributed by atoms with Crippen molar-refractivity contribution in [2.24, 2.45) is 0 Å². The van der Waals surface area contributed by atoms with Crippen LogP contribution in [0.2, 0.25) is 0 Å². The molecule has 0 aliphatic rings. The van der Waals surface area contributed by atoms with Gasteiger partial charge in [0.2, 0.25) is 0 Å². The standard InChI is InChI=1S/C38H55N3O2/c1-7-11-25-40(26-12-8-2)32-19-15-30(16-20-32)37(35-24-23-34(39(5)6)29-36(35)38(42)43)31-17-21-33(22-18-31)41(27-13-9-3)28-14-10-4/h15-24,29,37H,7-14,25-28H2,1-6H3,(H,42,43). The lowest BCUT2D eigenvalue weighted by Crippen LogP contribution is -2.25. The van der Waals surface area contributed by atoms with Crippen LogP contribution < -0.4 is 14.7 Å². The molecule has 5 heteroatoms. The normalized spacial score (nSPS) is 11.1. The second kappa shape index (κ2) is 17.6. The van der Waals surface area contributed by atoms with Crippen molar-refractivity contribution in [3.8, 4) is 0 Å². The lowest BCUT2D eigenvalue weighted by Gasteiger charge is -2.27. The number of carboxylic acid groups (broad SMARTS) is 1. The second-order valence-electron chi connectivity index (χ2n) is 12.0. The van der Waals surface area contributed by atoms with Gasteiger partial charge in [-0.1, -0.05) is 83.7 Å². The number of anilines is 3. The van der Waals surface area contributed by atoms with Gasteiger partial charge in [-0.05, 0) is 78.8 Å². The highest BCUT2D eigenvalue weighted by atomic mass is 16.4. The van der Waals surface area contributed by atoms with Crippen LogP contribution in [0.25, 0.3) is 0 Å². The molecule has 0 aliphatic heterocycles. The summed E-state index contributed by atoms with van der Waals surface area (Å²) in [6.45, 7) is 13.2. The first-order chi connectivity index (χ1) is 20.8. The summed E-state index contributed by atoms with van der Waals surface area (Å²) in [5.74, 6) is -1.09. The highest BCUT2D eigenvalue weighted by Gasteiger charge is 2.24. The van der Waals surface area contributed by atoms with E-state index in [0.29, 0.717) is 5.56 Å². The van der Waals surface area contributed by atoms with Gasteiger partial charge < -0.3 is 19.8 Å². The highest BCUT2D eigenvalue weighted by molar-refractivity contribution is 5.91. The Morgan fingerprint density at radius 1 is 0.605 bits per heavy atom. The quantitative estimate of drug-likeness (QED) is 0.142. The van der Waals surface area contributed by atoms with Gasteiger partial charge in [-0.15, -0.1) is 0 Å². The summed E-state index contributed by atoms with van der Waals surface area (Å²) >= 11 is 0. The van der Waals surface area contributed by atoms with E-state index in [-0.39, 0.29) is 5.92 Å². The summed E-state index contributed by atoms with van der Waals surface area (Å²) in [4.78, 5) is 19.6. The summed E-state index contributed by atoms with van der Waals surface area (Å²) in [5.41, 5.74) is 6.75. The SMILES string of the molecule is CCCCN(CCCC)c1ccc(C(c2ccc(N(CCCC)CCCC)cc2)c2ccc(N(C)C)cc2C(=O)O)cc1. The molecule has 0 saturated heterocycles. The summed E-state index contributed by atoms with van der Waals surface area (Å²) in [6, 6.07) is 23.6. The van der Waals surface area contributed by atoms with Crippen LogP contribution in [0.4, 0.5) is 17.1 Å². The molecule has 3 aromatic rings. The van der Waals surface area contributed by atoms with Gasteiger partial charge in [0.15, 0.2) is 0 Å². The smallest absolute Gasteiger partial charge is 0.336 e. The van der Waals surface area contributed by atoms with Crippen LogP contribution >= 0.6 is 0 Å². The first kappa shape index (κ1) is 34.0. The molecule has 0 saturated carbocycles. The van der Waals surface area contributed by atoms with Crippen LogP contribution in [-0.4, -0.2) is 51.4 Å². The van der Waals surface area contributed by atoms with Gasteiger partial charge in [-0.3, -0.25) is 0 Å². The maximum Gasteiger partial charge on any atom is 0.336 e. The summed E-state index contributed by atoms with van der Waals surface area (Å²) in [7, 11) is 3.89. The number of benzene rings is 3. The van der Waals surface area contributed by atoms with Gasteiger partial charge in [0.1, 0.15) is 0 Å². The zero-order chi connectivity index (χ0) is 31.2. The Balaban J connectivity index is 2.08. The zero-order valence-corrected chi connectivity index (χ0v) is 27.6. The van der Waals surface area contributed by atoms with Gasteiger partial charge in [0.25, 0.3) is 0 Å². The molecule has 0 spiro atoms. The van der Waals surface area contributed by atoms with E-state index in [4.69, 9.17) is 0 Å². The molecule has 234 valence electrons. The summed E-state index contributed by atoms with van der Waals surface area (Å²) in [6.07, 6.45) is 9.40. The van der Waals surface area contributed by atoms with Gasteiger partial charge in [-0.25, -0.2) is 4.79 Å². The van der Waals surface area contributed by atoms with Crippen molar-refractivity contribution in [2.75, 3.05) is 55.0 Å². The Bertz CT molecular complexity index is 1160. The third kappa shape index (κ3) is 9.51. The maximum atomic E-state index is 12.6. The second-order valence-corrected chi connectivity index (χ2v) is 12.0. The minimum absolute atomic E-state index is 0.190. The van der Waals surface area contributed by atoms with Crippen LogP contribution in [0, 0.1) is 0 Å². The molecular formula is C38H55N3O2. The van der Waals surface area contributed by atoms with E-state index in [1.807, 2.05) is 37.2 Å². The van der Waals surface area contributed by atoms with Crippen LogP contribution in [-0.2, 0) is 0 Å². The van der Waals surface area contributed by atoms with Crippen molar-refractivity contribution >= 4 is 23.0 Å². The van der Waals surface area contributed by atoms with Crippen molar-refractivity contribution in [1.29, 1.82) is 0 Å². The number of aromatic carboxylic acids is 1. The van der Waals surface area contributed by atoms with Gasteiger partial charge in [0, 0.05) is 63.3 Å². The third-order valence-electron chi connectivity index (χ3n) is 8.40. The topological polar surface area (TPSA) is 47.0 Å². The highest BCUT2D eigenvalue weighted by Crippen LogP contribution is 2.37. The number of carbonyl (C=O) groups is 1. The monoisotopic (exact) mass is 585 g/mol. The first-order valence-corrected chi connectivity index (χ1v) is 16.6. The molecule has 5 nitrogen and oxygen atoms in total. The lowest BCUT2D eigenvalue weighted by molar-refractivity contribution is 0.0695. The molecule has 0 unspecified atom stereocenters. The van der Waals surface area contributed by atoms with Crippen LogP contribution in [0.3, 0.4) is 0 Å². The van der Waals surface area contributed by atoms with Gasteiger partial charge >= 0.3 is 5.97 Å². The van der Waals surface area contributed by atoms with E-state index >= 15 is 0 Å². The molecule has 0 radical (unpaired) electrons. The van der Waals surface area contributed by atoms with Crippen molar-refractivity contribution in [3.63, 3.8) is 0 Å². The summed E-state index contributed by atoms with van der Waals surface area (Å²) < 4.78 is 0.